The average molecular weight is 311 g/mol. The van der Waals surface area contributed by atoms with Gasteiger partial charge in [-0.25, -0.2) is 12.8 Å². The van der Waals surface area contributed by atoms with Crippen molar-refractivity contribution in [2.75, 3.05) is 6.54 Å². The average Bonchev–Trinajstić information content (AvgIpc) is 3.07. The van der Waals surface area contributed by atoms with Gasteiger partial charge in [0.1, 0.15) is 11.6 Å². The SMILES string of the molecule is O=C1CCCC1C1CCCN1S(=O)(=O)c1cccc(F)c1. The van der Waals surface area contributed by atoms with Crippen molar-refractivity contribution in [3.8, 4) is 0 Å². The van der Waals surface area contributed by atoms with Crippen LogP contribution in [0.4, 0.5) is 4.39 Å². The highest BCUT2D eigenvalue weighted by Gasteiger charge is 2.43. The third kappa shape index (κ3) is 2.62. The van der Waals surface area contributed by atoms with Crippen molar-refractivity contribution in [2.24, 2.45) is 5.92 Å². The van der Waals surface area contributed by atoms with Gasteiger partial charge in [-0.3, -0.25) is 4.79 Å². The fourth-order valence-corrected chi connectivity index (χ4v) is 5.24. The summed E-state index contributed by atoms with van der Waals surface area (Å²) in [7, 11) is -3.73. The first kappa shape index (κ1) is 14.7. The summed E-state index contributed by atoms with van der Waals surface area (Å²) in [6.07, 6.45) is 3.62. The number of hydrogen-bond donors (Lipinski definition) is 0. The highest BCUT2D eigenvalue weighted by molar-refractivity contribution is 7.89. The minimum absolute atomic E-state index is 0.0279. The fraction of sp³-hybridized carbons (Fsp3) is 0.533. The first-order chi connectivity index (χ1) is 10.00. The van der Waals surface area contributed by atoms with Gasteiger partial charge in [-0.2, -0.15) is 4.31 Å². The predicted octanol–water partition coefficient (Wildman–Crippen LogP) is 2.35. The zero-order valence-electron chi connectivity index (χ0n) is 11.7. The van der Waals surface area contributed by atoms with Gasteiger partial charge in [-0.15, -0.1) is 0 Å². The van der Waals surface area contributed by atoms with Gasteiger partial charge in [0.15, 0.2) is 0 Å². The third-order valence-corrected chi connectivity index (χ3v) is 6.39. The molecular formula is C15H18FNO3S. The summed E-state index contributed by atoms with van der Waals surface area (Å²) in [5.74, 6) is -0.582. The van der Waals surface area contributed by atoms with E-state index in [-0.39, 0.29) is 22.6 Å². The third-order valence-electron chi connectivity index (χ3n) is 4.47. The van der Waals surface area contributed by atoms with Crippen molar-refractivity contribution in [1.29, 1.82) is 0 Å². The molecule has 0 amide bonds. The molecule has 114 valence electrons. The molecule has 2 atom stereocenters. The zero-order chi connectivity index (χ0) is 15.0. The normalized spacial score (nSPS) is 27.4. The van der Waals surface area contributed by atoms with Crippen LogP contribution in [0.3, 0.4) is 0 Å². The molecule has 1 saturated heterocycles. The van der Waals surface area contributed by atoms with Gasteiger partial charge >= 0.3 is 0 Å². The number of carbonyl (C=O) groups is 1. The molecule has 0 aromatic heterocycles. The smallest absolute Gasteiger partial charge is 0.243 e. The molecule has 0 N–H and O–H groups in total. The quantitative estimate of drug-likeness (QED) is 0.861. The minimum atomic E-state index is -3.73. The van der Waals surface area contributed by atoms with Gasteiger partial charge < -0.3 is 0 Å². The molecule has 1 saturated carbocycles. The molecule has 1 aromatic rings. The predicted molar refractivity (Wildman–Crippen MR) is 75.7 cm³/mol. The van der Waals surface area contributed by atoms with Gasteiger partial charge in [0.2, 0.25) is 10.0 Å². The molecule has 3 rings (SSSR count). The van der Waals surface area contributed by atoms with E-state index in [0.717, 1.165) is 25.3 Å². The number of hydrogen-bond acceptors (Lipinski definition) is 3. The standard InChI is InChI=1S/C15H18FNO3S/c16-11-4-1-5-12(10-11)21(19,20)17-9-3-7-14(17)13-6-2-8-15(13)18/h1,4-5,10,13-14H,2-3,6-9H2. The second-order valence-electron chi connectivity index (χ2n) is 5.75. The van der Waals surface area contributed by atoms with Gasteiger partial charge in [0.05, 0.1) is 4.90 Å². The van der Waals surface area contributed by atoms with Crippen LogP contribution in [0.1, 0.15) is 32.1 Å². The van der Waals surface area contributed by atoms with Crippen molar-refractivity contribution in [1.82, 2.24) is 4.31 Å². The lowest BCUT2D eigenvalue weighted by atomic mass is 9.96. The number of sulfonamides is 1. The van der Waals surface area contributed by atoms with Crippen LogP contribution < -0.4 is 0 Å². The number of rotatable bonds is 3. The Balaban J connectivity index is 1.92. The summed E-state index contributed by atoms with van der Waals surface area (Å²) in [4.78, 5) is 11.9. The summed E-state index contributed by atoms with van der Waals surface area (Å²) in [6, 6.07) is 4.81. The summed E-state index contributed by atoms with van der Waals surface area (Å²) < 4.78 is 40.1. The highest BCUT2D eigenvalue weighted by Crippen LogP contribution is 2.36. The molecule has 2 unspecified atom stereocenters. The summed E-state index contributed by atoms with van der Waals surface area (Å²) in [6.45, 7) is 0.410. The maximum atomic E-state index is 13.3. The Morgan fingerprint density at radius 2 is 2.00 bits per heavy atom. The maximum absolute atomic E-state index is 13.3. The monoisotopic (exact) mass is 311 g/mol. The topological polar surface area (TPSA) is 54.5 Å². The molecule has 2 aliphatic rings. The Hall–Kier alpha value is -1.27. The minimum Gasteiger partial charge on any atom is -0.299 e. The van der Waals surface area contributed by atoms with Gasteiger partial charge in [0, 0.05) is 24.9 Å². The maximum Gasteiger partial charge on any atom is 0.243 e. The van der Waals surface area contributed by atoms with E-state index in [9.17, 15) is 17.6 Å². The lowest BCUT2D eigenvalue weighted by Crippen LogP contribution is -2.41. The second-order valence-corrected chi connectivity index (χ2v) is 7.64. The van der Waals surface area contributed by atoms with Crippen LogP contribution >= 0.6 is 0 Å². The number of Topliss-reactive ketones (excluding diaryl/α,β-unsaturated/α-hetero) is 1. The molecular weight excluding hydrogens is 293 g/mol. The van der Waals surface area contributed by atoms with Crippen LogP contribution in [-0.4, -0.2) is 31.1 Å². The Morgan fingerprint density at radius 1 is 1.19 bits per heavy atom. The number of halogens is 1. The van der Waals surface area contributed by atoms with E-state index in [1.165, 1.54) is 22.5 Å². The number of nitrogens with zero attached hydrogens (tertiary/aromatic N) is 1. The highest BCUT2D eigenvalue weighted by atomic mass is 32.2. The van der Waals surface area contributed by atoms with Crippen molar-refractivity contribution in [3.05, 3.63) is 30.1 Å². The van der Waals surface area contributed by atoms with Crippen LogP contribution in [-0.2, 0) is 14.8 Å². The largest absolute Gasteiger partial charge is 0.299 e. The number of ketones is 1. The van der Waals surface area contributed by atoms with Crippen LogP contribution in [0, 0.1) is 11.7 Å². The molecule has 1 heterocycles. The van der Waals surface area contributed by atoms with Crippen LogP contribution in [0.25, 0.3) is 0 Å². The van der Waals surface area contributed by atoms with E-state index < -0.39 is 15.8 Å². The molecule has 0 radical (unpaired) electrons. The summed E-state index contributed by atoms with van der Waals surface area (Å²) >= 11 is 0. The van der Waals surface area contributed by atoms with Crippen LogP contribution in [0.2, 0.25) is 0 Å². The molecule has 2 fully saturated rings. The van der Waals surface area contributed by atoms with Gasteiger partial charge in [-0.05, 0) is 43.9 Å². The van der Waals surface area contributed by atoms with E-state index in [1.807, 2.05) is 0 Å². The van der Waals surface area contributed by atoms with Crippen molar-refractivity contribution >= 4 is 15.8 Å². The van der Waals surface area contributed by atoms with Crippen molar-refractivity contribution in [2.45, 2.75) is 43.0 Å². The fourth-order valence-electron chi connectivity index (χ4n) is 3.48. The molecule has 1 aromatic carbocycles. The lowest BCUT2D eigenvalue weighted by Gasteiger charge is -2.27. The molecule has 4 nitrogen and oxygen atoms in total. The van der Waals surface area contributed by atoms with Crippen molar-refractivity contribution < 1.29 is 17.6 Å². The molecule has 1 aliphatic heterocycles. The Bertz CT molecular complexity index is 659. The lowest BCUT2D eigenvalue weighted by molar-refractivity contribution is -0.121. The first-order valence-corrected chi connectivity index (χ1v) is 8.74. The Morgan fingerprint density at radius 3 is 2.67 bits per heavy atom. The van der Waals surface area contributed by atoms with Crippen LogP contribution in [0.15, 0.2) is 29.2 Å². The Kier molecular flexibility index (Phi) is 3.84. The van der Waals surface area contributed by atoms with E-state index in [2.05, 4.69) is 0 Å². The summed E-state index contributed by atoms with van der Waals surface area (Å²) in [5, 5.41) is 0. The van der Waals surface area contributed by atoms with Crippen LogP contribution in [0.5, 0.6) is 0 Å². The summed E-state index contributed by atoms with van der Waals surface area (Å²) in [5.41, 5.74) is 0. The zero-order valence-corrected chi connectivity index (χ0v) is 12.5. The van der Waals surface area contributed by atoms with E-state index >= 15 is 0 Å². The molecule has 1 aliphatic carbocycles. The number of benzene rings is 1. The first-order valence-electron chi connectivity index (χ1n) is 7.30. The molecule has 0 spiro atoms. The van der Waals surface area contributed by atoms with Gasteiger partial charge in [0.25, 0.3) is 0 Å². The van der Waals surface area contributed by atoms with Gasteiger partial charge in [-0.1, -0.05) is 6.07 Å². The van der Waals surface area contributed by atoms with E-state index in [0.29, 0.717) is 19.4 Å². The van der Waals surface area contributed by atoms with Crippen molar-refractivity contribution in [3.63, 3.8) is 0 Å². The molecule has 21 heavy (non-hydrogen) atoms. The Labute approximate surface area is 124 Å². The molecule has 6 heteroatoms. The second kappa shape index (κ2) is 5.50. The number of carbonyl (C=O) groups excluding carboxylic acids is 1. The van der Waals surface area contributed by atoms with E-state index in [1.54, 1.807) is 0 Å². The van der Waals surface area contributed by atoms with E-state index in [4.69, 9.17) is 0 Å². The molecule has 0 bridgehead atoms.